The molecule has 0 saturated heterocycles. The molecule has 0 bridgehead atoms. The molecular weight excluding hydrogens is 208 g/mol. The molecule has 17 heavy (non-hydrogen) atoms. The molecular formula is C15H12N2. The Balaban J connectivity index is 1.84. The summed E-state index contributed by atoms with van der Waals surface area (Å²) in [5.41, 5.74) is 3.71. The van der Waals surface area contributed by atoms with Gasteiger partial charge in [0.15, 0.2) is 0 Å². The van der Waals surface area contributed by atoms with Gasteiger partial charge in [0, 0.05) is 0 Å². The molecule has 4 aliphatic rings. The minimum Gasteiger partial charge on any atom is -0.348 e. The third-order valence-electron chi connectivity index (χ3n) is 3.57. The van der Waals surface area contributed by atoms with Crippen LogP contribution < -0.4 is 0 Å². The highest BCUT2D eigenvalue weighted by molar-refractivity contribution is 6.03. The van der Waals surface area contributed by atoms with E-state index in [1.165, 1.54) is 11.3 Å². The van der Waals surface area contributed by atoms with Gasteiger partial charge in [0.25, 0.3) is 0 Å². The molecule has 0 saturated carbocycles. The van der Waals surface area contributed by atoms with Crippen LogP contribution in [-0.4, -0.2) is 22.7 Å². The molecule has 2 aliphatic carbocycles. The van der Waals surface area contributed by atoms with E-state index in [-0.39, 0.29) is 6.04 Å². The Kier molecular flexibility index (Phi) is 1.69. The van der Waals surface area contributed by atoms with Crippen LogP contribution in [0, 0.1) is 0 Å². The Morgan fingerprint density at radius 1 is 0.941 bits per heavy atom. The zero-order chi connectivity index (χ0) is 11.2. The number of hydrogen-bond donors (Lipinski definition) is 0. The number of fused-ring (bicyclic) bond motifs is 5. The maximum atomic E-state index is 4.53. The molecule has 0 radical (unpaired) electrons. The van der Waals surface area contributed by atoms with E-state index in [4.69, 9.17) is 0 Å². The van der Waals surface area contributed by atoms with Crippen molar-refractivity contribution in [3.63, 3.8) is 0 Å². The summed E-state index contributed by atoms with van der Waals surface area (Å²) in [5, 5.41) is 0. The van der Waals surface area contributed by atoms with E-state index >= 15 is 0 Å². The van der Waals surface area contributed by atoms with Crippen LogP contribution >= 0.6 is 0 Å². The largest absolute Gasteiger partial charge is 0.348 e. The highest BCUT2D eigenvalue weighted by Gasteiger charge is 2.36. The van der Waals surface area contributed by atoms with Gasteiger partial charge < -0.3 is 4.90 Å². The summed E-state index contributed by atoms with van der Waals surface area (Å²) < 4.78 is 0. The number of allylic oxidation sites excluding steroid dienone is 5. The SMILES string of the molecule is C1=CC2=CC3=CN=C4C=CC=CC4N3C2C=C1. The summed E-state index contributed by atoms with van der Waals surface area (Å²) in [4.78, 5) is 6.96. The lowest BCUT2D eigenvalue weighted by Gasteiger charge is -2.37. The Morgan fingerprint density at radius 2 is 1.76 bits per heavy atom. The van der Waals surface area contributed by atoms with Gasteiger partial charge in [0.1, 0.15) is 0 Å². The minimum absolute atomic E-state index is 0.287. The fraction of sp³-hybridized carbons (Fsp3) is 0.133. The molecule has 2 nitrogen and oxygen atoms in total. The second-order valence-corrected chi connectivity index (χ2v) is 4.54. The van der Waals surface area contributed by atoms with E-state index in [0.29, 0.717) is 6.04 Å². The van der Waals surface area contributed by atoms with E-state index in [2.05, 4.69) is 64.6 Å². The lowest BCUT2D eigenvalue weighted by Crippen LogP contribution is -2.44. The van der Waals surface area contributed by atoms with Gasteiger partial charge in [-0.3, -0.25) is 4.99 Å². The minimum atomic E-state index is 0.287. The summed E-state index contributed by atoms with van der Waals surface area (Å²) in [5.74, 6) is 0. The Hall–Kier alpha value is -2.09. The Bertz CT molecular complexity index is 576. The summed E-state index contributed by atoms with van der Waals surface area (Å²) in [6.07, 6.45) is 21.3. The molecule has 0 aromatic rings. The maximum Gasteiger partial charge on any atom is 0.0910 e. The zero-order valence-corrected chi connectivity index (χ0v) is 9.32. The standard InChI is InChI=1S/C15H12N2/c1-3-7-14-11(5-1)9-12-10-16-13-6-2-4-8-15(13)17(12)14/h1-10,14-15H. The number of rotatable bonds is 0. The molecule has 2 unspecified atom stereocenters. The van der Waals surface area contributed by atoms with Crippen LogP contribution in [0.15, 0.2) is 77.1 Å². The molecule has 0 spiro atoms. The van der Waals surface area contributed by atoms with Crippen LogP contribution in [0.2, 0.25) is 0 Å². The average Bonchev–Trinajstić information content (AvgIpc) is 2.77. The van der Waals surface area contributed by atoms with Crippen LogP contribution in [-0.2, 0) is 0 Å². The van der Waals surface area contributed by atoms with Crippen molar-refractivity contribution in [3.8, 4) is 0 Å². The highest BCUT2D eigenvalue weighted by atomic mass is 15.2. The van der Waals surface area contributed by atoms with Gasteiger partial charge in [-0.25, -0.2) is 0 Å². The first-order valence-corrected chi connectivity index (χ1v) is 5.91. The first kappa shape index (κ1) is 8.99. The number of hydrogen-bond acceptors (Lipinski definition) is 2. The summed E-state index contributed by atoms with van der Waals surface area (Å²) >= 11 is 0. The second-order valence-electron chi connectivity index (χ2n) is 4.54. The topological polar surface area (TPSA) is 15.6 Å². The van der Waals surface area contributed by atoms with Crippen molar-refractivity contribution in [2.45, 2.75) is 12.1 Å². The monoisotopic (exact) mass is 220 g/mol. The third-order valence-corrected chi connectivity index (χ3v) is 3.57. The van der Waals surface area contributed by atoms with E-state index in [9.17, 15) is 0 Å². The van der Waals surface area contributed by atoms with Gasteiger partial charge in [-0.1, -0.05) is 42.5 Å². The zero-order valence-electron chi connectivity index (χ0n) is 9.32. The molecule has 0 aromatic carbocycles. The molecule has 0 fully saturated rings. The molecule has 0 N–H and O–H groups in total. The highest BCUT2D eigenvalue weighted by Crippen LogP contribution is 2.35. The second kappa shape index (κ2) is 3.20. The van der Waals surface area contributed by atoms with E-state index < -0.39 is 0 Å². The van der Waals surface area contributed by atoms with E-state index in [1.54, 1.807) is 0 Å². The normalized spacial score (nSPS) is 31.5. The van der Waals surface area contributed by atoms with Crippen molar-refractivity contribution >= 4 is 5.71 Å². The quantitative estimate of drug-likeness (QED) is 0.612. The molecule has 2 aliphatic heterocycles. The van der Waals surface area contributed by atoms with Crippen LogP contribution in [0.1, 0.15) is 0 Å². The molecule has 0 aromatic heterocycles. The van der Waals surface area contributed by atoms with Crippen molar-refractivity contribution in [2.24, 2.45) is 4.99 Å². The molecule has 2 atom stereocenters. The molecule has 4 rings (SSSR count). The van der Waals surface area contributed by atoms with Gasteiger partial charge in [-0.2, -0.15) is 0 Å². The van der Waals surface area contributed by atoms with Gasteiger partial charge in [0.05, 0.1) is 29.7 Å². The molecule has 82 valence electrons. The van der Waals surface area contributed by atoms with E-state index in [0.717, 1.165) is 5.71 Å². The van der Waals surface area contributed by atoms with Crippen LogP contribution in [0.5, 0.6) is 0 Å². The number of aliphatic imine (C=N–C) groups is 1. The summed E-state index contributed by atoms with van der Waals surface area (Å²) in [6, 6.07) is 0.660. The van der Waals surface area contributed by atoms with Crippen molar-refractivity contribution in [1.29, 1.82) is 0 Å². The number of nitrogens with zero attached hydrogens (tertiary/aromatic N) is 2. The van der Waals surface area contributed by atoms with E-state index in [1.807, 2.05) is 6.20 Å². The van der Waals surface area contributed by atoms with Gasteiger partial charge in [0.2, 0.25) is 0 Å². The average molecular weight is 220 g/mol. The first-order chi connectivity index (χ1) is 8.43. The van der Waals surface area contributed by atoms with Crippen molar-refractivity contribution in [1.82, 2.24) is 4.90 Å². The summed E-state index contributed by atoms with van der Waals surface area (Å²) in [6.45, 7) is 0. The lowest BCUT2D eigenvalue weighted by atomic mass is 9.99. The Labute approximate surface area is 100 Å². The molecule has 0 amide bonds. The Morgan fingerprint density at radius 3 is 2.71 bits per heavy atom. The smallest absolute Gasteiger partial charge is 0.0910 e. The van der Waals surface area contributed by atoms with Crippen molar-refractivity contribution in [3.05, 3.63) is 72.2 Å². The molecule has 2 heterocycles. The maximum absolute atomic E-state index is 4.53. The van der Waals surface area contributed by atoms with Gasteiger partial charge in [-0.15, -0.1) is 0 Å². The van der Waals surface area contributed by atoms with Gasteiger partial charge in [-0.05, 0) is 17.7 Å². The van der Waals surface area contributed by atoms with Crippen LogP contribution in [0.4, 0.5) is 0 Å². The molecule has 2 heteroatoms. The van der Waals surface area contributed by atoms with Crippen LogP contribution in [0.25, 0.3) is 0 Å². The van der Waals surface area contributed by atoms with Crippen molar-refractivity contribution < 1.29 is 0 Å². The fourth-order valence-electron chi connectivity index (χ4n) is 2.79. The van der Waals surface area contributed by atoms with Crippen LogP contribution in [0.3, 0.4) is 0 Å². The predicted molar refractivity (Wildman–Crippen MR) is 69.6 cm³/mol. The summed E-state index contributed by atoms with van der Waals surface area (Å²) in [7, 11) is 0. The lowest BCUT2D eigenvalue weighted by molar-refractivity contribution is 0.341. The predicted octanol–water partition coefficient (Wildman–Crippen LogP) is 2.51. The first-order valence-electron chi connectivity index (χ1n) is 5.91. The van der Waals surface area contributed by atoms with Gasteiger partial charge >= 0.3 is 0 Å². The fourth-order valence-corrected chi connectivity index (χ4v) is 2.79. The third kappa shape index (κ3) is 1.18. The van der Waals surface area contributed by atoms with Crippen molar-refractivity contribution in [2.75, 3.05) is 0 Å².